The third-order valence-electron chi connectivity index (χ3n) is 1.88. The summed E-state index contributed by atoms with van der Waals surface area (Å²) in [6.45, 7) is 0.531. The number of phenolic OH excluding ortho intramolecular Hbond substituents is 1. The van der Waals surface area contributed by atoms with E-state index in [0.29, 0.717) is 12.3 Å². The average Bonchev–Trinajstić information content (AvgIpc) is 2.49. The van der Waals surface area contributed by atoms with E-state index in [1.807, 2.05) is 17.5 Å². The molecule has 2 aromatic rings. The lowest BCUT2D eigenvalue weighted by atomic mass is 10.2. The molecule has 0 amide bonds. The molecule has 12 heavy (non-hydrogen) atoms. The molecule has 0 spiro atoms. The lowest BCUT2D eigenvalue weighted by Gasteiger charge is -1.94. The van der Waals surface area contributed by atoms with Gasteiger partial charge in [-0.2, -0.15) is 0 Å². The molecule has 0 atom stereocenters. The molecule has 62 valence electrons. The molecule has 0 aliphatic heterocycles. The zero-order valence-corrected chi connectivity index (χ0v) is 7.27. The molecule has 2 rings (SSSR count). The summed E-state index contributed by atoms with van der Waals surface area (Å²) in [4.78, 5) is 0. The first-order valence-corrected chi connectivity index (χ1v) is 4.59. The van der Waals surface area contributed by atoms with E-state index in [9.17, 15) is 5.11 Å². The summed E-state index contributed by atoms with van der Waals surface area (Å²) in [6.07, 6.45) is 0. The number of rotatable bonds is 1. The second kappa shape index (κ2) is 2.77. The largest absolute Gasteiger partial charge is 0.506 e. The average molecular weight is 179 g/mol. The highest BCUT2D eigenvalue weighted by atomic mass is 32.1. The van der Waals surface area contributed by atoms with Crippen LogP contribution in [-0.4, -0.2) is 5.11 Å². The SMILES string of the molecule is NCc1csc2c(O)cccc12. The Morgan fingerprint density at radius 3 is 3.00 bits per heavy atom. The van der Waals surface area contributed by atoms with Crippen LogP contribution >= 0.6 is 11.3 Å². The fourth-order valence-electron chi connectivity index (χ4n) is 1.25. The van der Waals surface area contributed by atoms with Crippen molar-refractivity contribution in [1.29, 1.82) is 0 Å². The van der Waals surface area contributed by atoms with Crippen LogP contribution in [0.25, 0.3) is 10.1 Å². The molecule has 0 bridgehead atoms. The van der Waals surface area contributed by atoms with Gasteiger partial charge in [-0.25, -0.2) is 0 Å². The Labute approximate surface area is 74.3 Å². The molecule has 0 saturated carbocycles. The summed E-state index contributed by atoms with van der Waals surface area (Å²) < 4.78 is 0.929. The topological polar surface area (TPSA) is 46.2 Å². The van der Waals surface area contributed by atoms with Gasteiger partial charge in [0.2, 0.25) is 0 Å². The van der Waals surface area contributed by atoms with Gasteiger partial charge in [0, 0.05) is 11.9 Å². The molecule has 0 radical (unpaired) electrons. The first-order valence-electron chi connectivity index (χ1n) is 3.71. The van der Waals surface area contributed by atoms with Crippen LogP contribution in [0.4, 0.5) is 0 Å². The predicted octanol–water partition coefficient (Wildman–Crippen LogP) is 2.07. The van der Waals surface area contributed by atoms with Gasteiger partial charge < -0.3 is 10.8 Å². The molecular formula is C9H9NOS. The minimum absolute atomic E-state index is 0.345. The zero-order chi connectivity index (χ0) is 8.55. The van der Waals surface area contributed by atoms with Crippen LogP contribution < -0.4 is 5.73 Å². The van der Waals surface area contributed by atoms with Gasteiger partial charge in [0.25, 0.3) is 0 Å². The Balaban J connectivity index is 2.80. The van der Waals surface area contributed by atoms with Crippen LogP contribution in [0.5, 0.6) is 5.75 Å². The van der Waals surface area contributed by atoms with Crippen molar-refractivity contribution in [2.75, 3.05) is 0 Å². The van der Waals surface area contributed by atoms with E-state index in [1.54, 1.807) is 6.07 Å². The first-order chi connectivity index (χ1) is 5.83. The molecule has 1 heterocycles. The molecule has 0 unspecified atom stereocenters. The lowest BCUT2D eigenvalue weighted by Crippen LogP contribution is -1.93. The highest BCUT2D eigenvalue weighted by molar-refractivity contribution is 7.17. The van der Waals surface area contributed by atoms with E-state index in [0.717, 1.165) is 15.6 Å². The first kappa shape index (κ1) is 7.58. The molecule has 1 aromatic carbocycles. The van der Waals surface area contributed by atoms with Crippen LogP contribution in [0.1, 0.15) is 5.56 Å². The minimum atomic E-state index is 0.345. The fraction of sp³-hybridized carbons (Fsp3) is 0.111. The number of phenols is 1. The highest BCUT2D eigenvalue weighted by Gasteiger charge is 2.04. The second-order valence-electron chi connectivity index (χ2n) is 2.62. The summed E-state index contributed by atoms with van der Waals surface area (Å²) in [6, 6.07) is 5.51. The zero-order valence-electron chi connectivity index (χ0n) is 6.45. The van der Waals surface area contributed by atoms with Gasteiger partial charge >= 0.3 is 0 Å². The Morgan fingerprint density at radius 1 is 1.42 bits per heavy atom. The highest BCUT2D eigenvalue weighted by Crippen LogP contribution is 2.32. The van der Waals surface area contributed by atoms with E-state index in [2.05, 4.69) is 0 Å². The van der Waals surface area contributed by atoms with Gasteiger partial charge in [0.05, 0.1) is 4.70 Å². The van der Waals surface area contributed by atoms with Crippen LogP contribution in [0.15, 0.2) is 23.6 Å². The molecule has 1 aromatic heterocycles. The van der Waals surface area contributed by atoms with E-state index in [-0.39, 0.29) is 0 Å². The lowest BCUT2D eigenvalue weighted by molar-refractivity contribution is 0.482. The van der Waals surface area contributed by atoms with Gasteiger partial charge in [0.15, 0.2) is 0 Å². The number of benzene rings is 1. The summed E-state index contributed by atoms with van der Waals surface area (Å²) in [7, 11) is 0. The van der Waals surface area contributed by atoms with Crippen molar-refractivity contribution in [2.24, 2.45) is 5.73 Å². The summed E-state index contributed by atoms with van der Waals surface area (Å²) in [5, 5.41) is 12.5. The van der Waals surface area contributed by atoms with Crippen LogP contribution in [-0.2, 0) is 6.54 Å². The van der Waals surface area contributed by atoms with Crippen molar-refractivity contribution < 1.29 is 5.11 Å². The van der Waals surface area contributed by atoms with Gasteiger partial charge in [-0.1, -0.05) is 12.1 Å². The monoisotopic (exact) mass is 179 g/mol. The smallest absolute Gasteiger partial charge is 0.133 e. The maximum atomic E-state index is 9.45. The van der Waals surface area contributed by atoms with E-state index < -0.39 is 0 Å². The van der Waals surface area contributed by atoms with Crippen molar-refractivity contribution in [2.45, 2.75) is 6.54 Å². The molecule has 0 aliphatic carbocycles. The van der Waals surface area contributed by atoms with E-state index in [4.69, 9.17) is 5.73 Å². The van der Waals surface area contributed by atoms with Gasteiger partial charge in [-0.3, -0.25) is 0 Å². The van der Waals surface area contributed by atoms with Crippen LogP contribution in [0.3, 0.4) is 0 Å². The molecule has 0 aliphatic rings. The maximum Gasteiger partial charge on any atom is 0.133 e. The molecule has 2 nitrogen and oxygen atoms in total. The van der Waals surface area contributed by atoms with Crippen LogP contribution in [0.2, 0.25) is 0 Å². The summed E-state index contributed by atoms with van der Waals surface area (Å²) in [5.74, 6) is 0.345. The molecule has 3 heteroatoms. The maximum absolute atomic E-state index is 9.45. The van der Waals surface area contributed by atoms with Crippen molar-refractivity contribution in [3.63, 3.8) is 0 Å². The second-order valence-corrected chi connectivity index (χ2v) is 3.50. The summed E-state index contributed by atoms with van der Waals surface area (Å²) >= 11 is 1.54. The van der Waals surface area contributed by atoms with Gasteiger partial charge in [-0.15, -0.1) is 11.3 Å². The third-order valence-corrected chi connectivity index (χ3v) is 2.95. The minimum Gasteiger partial charge on any atom is -0.506 e. The number of fused-ring (bicyclic) bond motifs is 1. The number of hydrogen-bond donors (Lipinski definition) is 2. The predicted molar refractivity (Wildman–Crippen MR) is 51.4 cm³/mol. The number of nitrogens with two attached hydrogens (primary N) is 1. The van der Waals surface area contributed by atoms with Crippen molar-refractivity contribution in [1.82, 2.24) is 0 Å². The van der Waals surface area contributed by atoms with Crippen molar-refractivity contribution in [3.8, 4) is 5.75 Å². The molecule has 0 saturated heterocycles. The quantitative estimate of drug-likeness (QED) is 0.704. The van der Waals surface area contributed by atoms with Crippen LogP contribution in [0, 0.1) is 0 Å². The standard InChI is InChI=1S/C9H9NOS/c10-4-6-5-12-9-7(6)2-1-3-8(9)11/h1-3,5,11H,4,10H2. The summed E-state index contributed by atoms with van der Waals surface area (Å²) in [5.41, 5.74) is 6.64. The Hall–Kier alpha value is -1.06. The Kier molecular flexibility index (Phi) is 1.75. The van der Waals surface area contributed by atoms with E-state index >= 15 is 0 Å². The third kappa shape index (κ3) is 0.983. The van der Waals surface area contributed by atoms with E-state index in [1.165, 1.54) is 11.3 Å². The fourth-order valence-corrected chi connectivity index (χ4v) is 2.25. The number of thiophene rings is 1. The van der Waals surface area contributed by atoms with Crippen molar-refractivity contribution >= 4 is 21.4 Å². The Bertz CT molecular complexity index is 408. The number of hydrogen-bond acceptors (Lipinski definition) is 3. The number of aromatic hydroxyl groups is 1. The molecule has 3 N–H and O–H groups in total. The molecular weight excluding hydrogens is 170 g/mol. The molecule has 0 fully saturated rings. The van der Waals surface area contributed by atoms with Gasteiger partial charge in [0.1, 0.15) is 5.75 Å². The van der Waals surface area contributed by atoms with Gasteiger partial charge in [-0.05, 0) is 17.0 Å². The van der Waals surface area contributed by atoms with Crippen molar-refractivity contribution in [3.05, 3.63) is 29.1 Å². The normalized spacial score (nSPS) is 10.8. The Morgan fingerprint density at radius 2 is 2.25 bits per heavy atom.